The van der Waals surface area contributed by atoms with Crippen molar-refractivity contribution < 1.29 is 4.42 Å². The maximum absolute atomic E-state index is 5.97. The van der Waals surface area contributed by atoms with Gasteiger partial charge in [-0.15, -0.1) is 0 Å². The molecule has 3 heterocycles. The number of hydrogen-bond acceptors (Lipinski definition) is 3. The van der Waals surface area contributed by atoms with Crippen LogP contribution in [0.15, 0.2) is 59.1 Å². The number of likely N-dealkylation sites (tertiary alicyclic amines) is 1. The molecule has 1 fully saturated rings. The Hall–Kier alpha value is -2.59. The third-order valence-corrected chi connectivity index (χ3v) is 5.32. The number of H-pyrrole nitrogens is 1. The van der Waals surface area contributed by atoms with E-state index < -0.39 is 0 Å². The molecule has 0 radical (unpaired) electrons. The van der Waals surface area contributed by atoms with E-state index in [2.05, 4.69) is 45.3 Å². The van der Waals surface area contributed by atoms with Gasteiger partial charge in [-0.1, -0.05) is 30.3 Å². The molecule has 1 N–H and O–H groups in total. The molecular weight excluding hydrogens is 310 g/mol. The first-order valence-corrected chi connectivity index (χ1v) is 8.99. The van der Waals surface area contributed by atoms with Gasteiger partial charge in [0.15, 0.2) is 11.5 Å². The van der Waals surface area contributed by atoms with Gasteiger partial charge in [0.1, 0.15) is 5.52 Å². The average molecular weight is 331 g/mol. The highest BCUT2D eigenvalue weighted by molar-refractivity contribution is 5.83. The highest BCUT2D eigenvalue weighted by Crippen LogP contribution is 2.31. The summed E-state index contributed by atoms with van der Waals surface area (Å²) in [6, 6.07) is 16.6. The molecule has 126 valence electrons. The maximum atomic E-state index is 5.97. The van der Waals surface area contributed by atoms with E-state index in [9.17, 15) is 0 Å². The smallest absolute Gasteiger partial charge is 0.198 e. The summed E-state index contributed by atoms with van der Waals surface area (Å²) in [6.07, 6.45) is 4.36. The van der Waals surface area contributed by atoms with E-state index in [-0.39, 0.29) is 0 Å². The maximum Gasteiger partial charge on any atom is 0.198 e. The molecule has 1 saturated heterocycles. The zero-order chi connectivity index (χ0) is 16.6. The summed E-state index contributed by atoms with van der Waals surface area (Å²) >= 11 is 0. The van der Waals surface area contributed by atoms with Crippen molar-refractivity contribution in [1.82, 2.24) is 14.9 Å². The topological polar surface area (TPSA) is 45.1 Å². The van der Waals surface area contributed by atoms with Crippen LogP contribution in [0.5, 0.6) is 0 Å². The fourth-order valence-electron chi connectivity index (χ4n) is 3.91. The molecule has 4 heteroatoms. The fourth-order valence-corrected chi connectivity index (χ4v) is 3.91. The van der Waals surface area contributed by atoms with Crippen molar-refractivity contribution in [3.8, 4) is 0 Å². The van der Waals surface area contributed by atoms with Crippen LogP contribution in [0.3, 0.4) is 0 Å². The quantitative estimate of drug-likeness (QED) is 0.592. The lowest BCUT2D eigenvalue weighted by atomic mass is 9.96. The Labute approximate surface area is 146 Å². The van der Waals surface area contributed by atoms with E-state index >= 15 is 0 Å². The van der Waals surface area contributed by atoms with Gasteiger partial charge in [0.2, 0.25) is 0 Å². The summed E-state index contributed by atoms with van der Waals surface area (Å²) in [5.74, 6) is 1.35. The molecular formula is C21H21N3O. The summed E-state index contributed by atoms with van der Waals surface area (Å²) in [7, 11) is 0. The van der Waals surface area contributed by atoms with E-state index in [0.717, 1.165) is 49.5 Å². The summed E-state index contributed by atoms with van der Waals surface area (Å²) < 4.78 is 5.97. The van der Waals surface area contributed by atoms with Gasteiger partial charge in [0.25, 0.3) is 0 Å². The number of oxazole rings is 1. The lowest BCUT2D eigenvalue weighted by Crippen LogP contribution is -2.32. The largest absolute Gasteiger partial charge is 0.440 e. The minimum atomic E-state index is 0.437. The Morgan fingerprint density at radius 2 is 1.84 bits per heavy atom. The number of benzene rings is 2. The Morgan fingerprint density at radius 3 is 2.72 bits per heavy atom. The Bertz CT molecular complexity index is 975. The number of nitrogens with one attached hydrogen (secondary N) is 1. The number of fused-ring (bicyclic) bond motifs is 2. The summed E-state index contributed by atoms with van der Waals surface area (Å²) in [5.41, 5.74) is 4.48. The molecule has 0 aliphatic carbocycles. The first-order chi connectivity index (χ1) is 12.4. The molecule has 0 unspecified atom stereocenters. The first-order valence-electron chi connectivity index (χ1n) is 8.99. The van der Waals surface area contributed by atoms with Crippen LogP contribution in [0, 0.1) is 0 Å². The number of nitrogens with zero attached hydrogens (tertiary/aromatic N) is 2. The Kier molecular flexibility index (Phi) is 3.56. The van der Waals surface area contributed by atoms with Crippen LogP contribution >= 0.6 is 0 Å². The number of hydrogen-bond donors (Lipinski definition) is 1. The standard InChI is InChI=1S/C21H21N3O/c1-2-6-18-17(5-1)16(13-22-18)14-24-11-9-15(10-12-24)21-23-19-7-3-4-8-20(19)25-21/h1-8,13,15,22H,9-12,14H2. The zero-order valence-corrected chi connectivity index (χ0v) is 14.1. The molecule has 4 nitrogen and oxygen atoms in total. The lowest BCUT2D eigenvalue weighted by Gasteiger charge is -2.30. The normalized spacial score (nSPS) is 16.8. The Morgan fingerprint density at radius 1 is 1.04 bits per heavy atom. The third kappa shape index (κ3) is 2.72. The van der Waals surface area contributed by atoms with E-state index in [1.807, 2.05) is 24.3 Å². The van der Waals surface area contributed by atoms with E-state index in [1.54, 1.807) is 0 Å². The molecule has 5 rings (SSSR count). The number of rotatable bonds is 3. The van der Waals surface area contributed by atoms with Gasteiger partial charge in [-0.05, 0) is 49.7 Å². The van der Waals surface area contributed by atoms with Crippen LogP contribution in [0.2, 0.25) is 0 Å². The van der Waals surface area contributed by atoms with Crippen LogP contribution in [0.25, 0.3) is 22.0 Å². The van der Waals surface area contributed by atoms with Gasteiger partial charge in [0, 0.05) is 29.6 Å². The van der Waals surface area contributed by atoms with E-state index in [1.165, 1.54) is 16.5 Å². The summed E-state index contributed by atoms with van der Waals surface area (Å²) in [4.78, 5) is 10.6. The molecule has 0 bridgehead atoms. The van der Waals surface area contributed by atoms with E-state index in [0.29, 0.717) is 5.92 Å². The molecule has 0 atom stereocenters. The van der Waals surface area contributed by atoms with Crippen LogP contribution in [-0.2, 0) is 6.54 Å². The van der Waals surface area contributed by atoms with Gasteiger partial charge in [-0.3, -0.25) is 4.90 Å². The molecule has 2 aromatic carbocycles. The highest BCUT2D eigenvalue weighted by Gasteiger charge is 2.25. The Balaban J connectivity index is 1.28. The second-order valence-corrected chi connectivity index (χ2v) is 6.93. The van der Waals surface area contributed by atoms with Gasteiger partial charge in [0.05, 0.1) is 0 Å². The van der Waals surface area contributed by atoms with Crippen molar-refractivity contribution in [3.05, 3.63) is 66.2 Å². The monoisotopic (exact) mass is 331 g/mol. The van der Waals surface area contributed by atoms with Crippen LogP contribution in [0.4, 0.5) is 0 Å². The molecule has 25 heavy (non-hydrogen) atoms. The van der Waals surface area contributed by atoms with Crippen molar-refractivity contribution in [1.29, 1.82) is 0 Å². The van der Waals surface area contributed by atoms with Crippen LogP contribution < -0.4 is 0 Å². The summed E-state index contributed by atoms with van der Waals surface area (Å²) in [5, 5.41) is 1.34. The van der Waals surface area contributed by atoms with E-state index in [4.69, 9.17) is 4.42 Å². The van der Waals surface area contributed by atoms with Crippen molar-refractivity contribution >= 4 is 22.0 Å². The summed E-state index contributed by atoms with van der Waals surface area (Å²) in [6.45, 7) is 3.18. The fraction of sp³-hybridized carbons (Fsp3) is 0.286. The lowest BCUT2D eigenvalue weighted by molar-refractivity contribution is 0.194. The van der Waals surface area contributed by atoms with Crippen molar-refractivity contribution in [3.63, 3.8) is 0 Å². The molecule has 1 aliphatic rings. The predicted octanol–water partition coefficient (Wildman–Crippen LogP) is 4.69. The van der Waals surface area contributed by atoms with Crippen molar-refractivity contribution in [2.45, 2.75) is 25.3 Å². The van der Waals surface area contributed by atoms with Gasteiger partial charge < -0.3 is 9.40 Å². The van der Waals surface area contributed by atoms with Crippen LogP contribution in [-0.4, -0.2) is 28.0 Å². The van der Waals surface area contributed by atoms with Crippen molar-refractivity contribution in [2.24, 2.45) is 0 Å². The number of aromatic amines is 1. The minimum absolute atomic E-state index is 0.437. The molecule has 0 amide bonds. The minimum Gasteiger partial charge on any atom is -0.440 e. The highest BCUT2D eigenvalue weighted by atomic mass is 16.3. The molecule has 1 aliphatic heterocycles. The van der Waals surface area contributed by atoms with Gasteiger partial charge in [-0.2, -0.15) is 0 Å². The number of para-hydroxylation sites is 3. The number of aromatic nitrogens is 2. The van der Waals surface area contributed by atoms with Crippen molar-refractivity contribution in [2.75, 3.05) is 13.1 Å². The second kappa shape index (κ2) is 6.05. The third-order valence-electron chi connectivity index (χ3n) is 5.32. The first kappa shape index (κ1) is 14.7. The number of piperidine rings is 1. The molecule has 4 aromatic rings. The van der Waals surface area contributed by atoms with Gasteiger partial charge in [-0.25, -0.2) is 4.98 Å². The average Bonchev–Trinajstić information content (AvgIpc) is 3.27. The second-order valence-electron chi connectivity index (χ2n) is 6.93. The SMILES string of the molecule is c1ccc2oc(C3CCN(Cc4c[nH]c5ccccc45)CC3)nc2c1. The van der Waals surface area contributed by atoms with Crippen LogP contribution in [0.1, 0.15) is 30.2 Å². The zero-order valence-electron chi connectivity index (χ0n) is 14.1. The molecule has 0 saturated carbocycles. The van der Waals surface area contributed by atoms with Gasteiger partial charge >= 0.3 is 0 Å². The molecule has 2 aromatic heterocycles. The predicted molar refractivity (Wildman–Crippen MR) is 99.6 cm³/mol. The molecule has 0 spiro atoms.